The number of alkyl carbamates (subject to hydrolysis) is 1. The van der Waals surface area contributed by atoms with E-state index in [1.807, 2.05) is 31.2 Å². The lowest BCUT2D eigenvalue weighted by molar-refractivity contribution is -0.139. The molecule has 1 aliphatic heterocycles. The minimum Gasteiger partial charge on any atom is -0.481 e. The van der Waals surface area contributed by atoms with Gasteiger partial charge in [0.25, 0.3) is 0 Å². The Morgan fingerprint density at radius 1 is 1.09 bits per heavy atom. The van der Waals surface area contributed by atoms with Gasteiger partial charge in [-0.2, -0.15) is 0 Å². The molecule has 2 unspecified atom stereocenters. The molecule has 1 fully saturated rings. The quantitative estimate of drug-likeness (QED) is 0.568. The van der Waals surface area contributed by atoms with E-state index in [4.69, 9.17) is 9.84 Å². The fourth-order valence-electron chi connectivity index (χ4n) is 5.19. The molecule has 4 rings (SSSR count). The third kappa shape index (κ3) is 5.24. The summed E-state index contributed by atoms with van der Waals surface area (Å²) >= 11 is 0. The van der Waals surface area contributed by atoms with Crippen LogP contribution < -0.4 is 5.32 Å². The number of hydrogen-bond acceptors (Lipinski definition) is 4. The topological polar surface area (TPSA) is 95.9 Å². The van der Waals surface area contributed by atoms with Gasteiger partial charge >= 0.3 is 12.1 Å². The fourth-order valence-corrected chi connectivity index (χ4v) is 5.19. The van der Waals surface area contributed by atoms with Crippen LogP contribution in [0.4, 0.5) is 4.79 Å². The van der Waals surface area contributed by atoms with Gasteiger partial charge in [0.15, 0.2) is 0 Å². The predicted molar refractivity (Wildman–Crippen MR) is 129 cm³/mol. The number of nitrogens with one attached hydrogen (secondary N) is 1. The van der Waals surface area contributed by atoms with Gasteiger partial charge in [-0.05, 0) is 47.9 Å². The number of hydrogen-bond donors (Lipinski definition) is 2. The highest BCUT2D eigenvalue weighted by atomic mass is 16.5. The maximum absolute atomic E-state index is 12.9. The average molecular weight is 465 g/mol. The molecule has 1 saturated heterocycles. The molecule has 2 aromatic rings. The Labute approximate surface area is 200 Å². The van der Waals surface area contributed by atoms with E-state index in [2.05, 4.69) is 29.6 Å². The van der Waals surface area contributed by atoms with Crippen LogP contribution in [-0.2, 0) is 14.3 Å². The first kappa shape index (κ1) is 23.8. The fraction of sp³-hybridized carbons (Fsp3) is 0.444. The summed E-state index contributed by atoms with van der Waals surface area (Å²) in [4.78, 5) is 38.2. The molecule has 1 heterocycles. The third-order valence-corrected chi connectivity index (χ3v) is 6.97. The molecule has 0 bridgehead atoms. The van der Waals surface area contributed by atoms with Crippen molar-refractivity contribution < 1.29 is 24.2 Å². The second kappa shape index (κ2) is 10.7. The molecule has 2 aliphatic rings. The number of aliphatic carboxylic acids is 1. The smallest absolute Gasteiger partial charge is 0.407 e. The Bertz CT molecular complexity index is 1010. The van der Waals surface area contributed by atoms with Gasteiger partial charge < -0.3 is 20.1 Å². The average Bonchev–Trinajstić information content (AvgIpc) is 3.44. The summed E-state index contributed by atoms with van der Waals surface area (Å²) in [6.07, 6.45) is 2.50. The number of ether oxygens (including phenoxy) is 1. The largest absolute Gasteiger partial charge is 0.481 e. The summed E-state index contributed by atoms with van der Waals surface area (Å²) < 4.78 is 5.62. The Morgan fingerprint density at radius 2 is 1.74 bits per heavy atom. The van der Waals surface area contributed by atoms with Crippen molar-refractivity contribution in [1.29, 1.82) is 0 Å². The highest BCUT2D eigenvalue weighted by molar-refractivity contribution is 5.80. The molecule has 2 atom stereocenters. The number of carbonyl (C=O) groups excluding carboxylic acids is 2. The van der Waals surface area contributed by atoms with Crippen LogP contribution in [-0.4, -0.2) is 53.2 Å². The molecular weight excluding hydrogens is 432 g/mol. The van der Waals surface area contributed by atoms with Crippen LogP contribution in [0.5, 0.6) is 0 Å². The number of nitrogens with zero attached hydrogens (tertiary/aromatic N) is 1. The molecule has 2 amide bonds. The Kier molecular flexibility index (Phi) is 7.50. The molecule has 2 aromatic carbocycles. The zero-order chi connectivity index (χ0) is 24.1. The Balaban J connectivity index is 1.32. The summed E-state index contributed by atoms with van der Waals surface area (Å²) in [7, 11) is 0. The highest BCUT2D eigenvalue weighted by Gasteiger charge is 2.31. The normalized spacial score (nSPS) is 17.7. The lowest BCUT2D eigenvalue weighted by Crippen LogP contribution is -2.42. The number of carboxylic acid groups (broad SMARTS) is 1. The molecule has 180 valence electrons. The Morgan fingerprint density at radius 3 is 2.35 bits per heavy atom. The zero-order valence-electron chi connectivity index (χ0n) is 19.5. The van der Waals surface area contributed by atoms with Crippen molar-refractivity contribution in [3.63, 3.8) is 0 Å². The molecule has 2 N–H and O–H groups in total. The Hall–Kier alpha value is -3.35. The van der Waals surface area contributed by atoms with E-state index in [0.29, 0.717) is 19.4 Å². The van der Waals surface area contributed by atoms with Gasteiger partial charge in [-0.1, -0.05) is 55.5 Å². The number of carbonyl (C=O) groups is 3. The molecule has 7 nitrogen and oxygen atoms in total. The van der Waals surface area contributed by atoms with Gasteiger partial charge in [-0.15, -0.1) is 0 Å². The number of likely N-dealkylation sites (tertiary alicyclic amines) is 1. The van der Waals surface area contributed by atoms with Crippen LogP contribution in [0.1, 0.15) is 62.5 Å². The minimum atomic E-state index is -0.845. The maximum atomic E-state index is 12.9. The van der Waals surface area contributed by atoms with E-state index in [1.165, 1.54) is 11.1 Å². The van der Waals surface area contributed by atoms with Crippen LogP contribution in [0.15, 0.2) is 48.5 Å². The predicted octanol–water partition coefficient (Wildman–Crippen LogP) is 4.55. The molecular formula is C27H32N2O5. The van der Waals surface area contributed by atoms with Crippen molar-refractivity contribution in [3.8, 4) is 11.1 Å². The van der Waals surface area contributed by atoms with Gasteiger partial charge in [0, 0.05) is 37.4 Å². The number of rotatable bonds is 9. The van der Waals surface area contributed by atoms with E-state index < -0.39 is 12.1 Å². The first-order chi connectivity index (χ1) is 16.5. The zero-order valence-corrected chi connectivity index (χ0v) is 19.5. The van der Waals surface area contributed by atoms with Crippen LogP contribution >= 0.6 is 0 Å². The maximum Gasteiger partial charge on any atom is 0.407 e. The van der Waals surface area contributed by atoms with Gasteiger partial charge in [0.2, 0.25) is 5.91 Å². The van der Waals surface area contributed by atoms with E-state index in [-0.39, 0.29) is 43.4 Å². The number of benzene rings is 2. The van der Waals surface area contributed by atoms with Crippen LogP contribution in [0.25, 0.3) is 11.1 Å². The van der Waals surface area contributed by atoms with Crippen LogP contribution in [0.3, 0.4) is 0 Å². The summed E-state index contributed by atoms with van der Waals surface area (Å²) in [5.74, 6) is -0.902. The third-order valence-electron chi connectivity index (χ3n) is 6.97. The second-order valence-electron chi connectivity index (χ2n) is 9.09. The summed E-state index contributed by atoms with van der Waals surface area (Å²) in [5.41, 5.74) is 4.65. The van der Waals surface area contributed by atoms with Crippen molar-refractivity contribution in [2.45, 2.75) is 63.5 Å². The monoisotopic (exact) mass is 464 g/mol. The van der Waals surface area contributed by atoms with Crippen molar-refractivity contribution in [1.82, 2.24) is 10.2 Å². The van der Waals surface area contributed by atoms with Crippen LogP contribution in [0.2, 0.25) is 0 Å². The van der Waals surface area contributed by atoms with E-state index >= 15 is 0 Å². The second-order valence-corrected chi connectivity index (χ2v) is 9.09. The standard InChI is InChI=1S/C27H32N2O5/c1-2-18(16-25(30)29-15-7-8-19(29)13-14-26(31)32)28-27(33)34-17-24-22-11-5-3-9-20(22)21-10-4-6-12-23(21)24/h3-6,9-12,18-19,24H,2,7-8,13-17H2,1H3,(H,28,33)(H,31,32). The number of amides is 2. The van der Waals surface area contributed by atoms with Gasteiger partial charge in [0.05, 0.1) is 0 Å². The molecule has 0 spiro atoms. The molecule has 1 aliphatic carbocycles. The molecule has 0 radical (unpaired) electrons. The molecule has 0 saturated carbocycles. The summed E-state index contributed by atoms with van der Waals surface area (Å²) in [6.45, 7) is 2.80. The number of carboxylic acids is 1. The molecule has 7 heteroatoms. The van der Waals surface area contributed by atoms with E-state index in [0.717, 1.165) is 24.0 Å². The number of fused-ring (bicyclic) bond motifs is 3. The summed E-state index contributed by atoms with van der Waals surface area (Å²) in [5, 5.41) is 11.8. The lowest BCUT2D eigenvalue weighted by atomic mass is 9.98. The van der Waals surface area contributed by atoms with Crippen LogP contribution in [0, 0.1) is 0 Å². The molecule has 34 heavy (non-hydrogen) atoms. The highest BCUT2D eigenvalue weighted by Crippen LogP contribution is 2.44. The molecule has 0 aromatic heterocycles. The van der Waals surface area contributed by atoms with Crippen molar-refractivity contribution in [2.24, 2.45) is 0 Å². The lowest BCUT2D eigenvalue weighted by Gasteiger charge is -2.26. The van der Waals surface area contributed by atoms with Crippen molar-refractivity contribution >= 4 is 18.0 Å². The van der Waals surface area contributed by atoms with E-state index in [9.17, 15) is 14.4 Å². The first-order valence-corrected chi connectivity index (χ1v) is 12.1. The van der Waals surface area contributed by atoms with Gasteiger partial charge in [-0.3, -0.25) is 9.59 Å². The summed E-state index contributed by atoms with van der Waals surface area (Å²) in [6, 6.07) is 16.0. The minimum absolute atomic E-state index is 0.0144. The van der Waals surface area contributed by atoms with Gasteiger partial charge in [0.1, 0.15) is 6.61 Å². The van der Waals surface area contributed by atoms with E-state index in [1.54, 1.807) is 4.90 Å². The van der Waals surface area contributed by atoms with Gasteiger partial charge in [-0.25, -0.2) is 4.79 Å². The van der Waals surface area contributed by atoms with Crippen molar-refractivity contribution in [3.05, 3.63) is 59.7 Å². The SMILES string of the molecule is CCC(CC(=O)N1CCCC1CCC(=O)O)NC(=O)OCC1c2ccccc2-c2ccccc21. The first-order valence-electron chi connectivity index (χ1n) is 12.1. The van der Waals surface area contributed by atoms with Crippen molar-refractivity contribution in [2.75, 3.05) is 13.2 Å².